The molecule has 1 N–H and O–H groups in total. The van der Waals surface area contributed by atoms with Crippen molar-refractivity contribution in [1.29, 1.82) is 0 Å². The van der Waals surface area contributed by atoms with E-state index in [0.29, 0.717) is 19.6 Å². The van der Waals surface area contributed by atoms with Crippen molar-refractivity contribution in [1.82, 2.24) is 0 Å². The van der Waals surface area contributed by atoms with Crippen molar-refractivity contribution in [3.8, 4) is 0 Å². The van der Waals surface area contributed by atoms with Crippen LogP contribution in [0.4, 0.5) is 0 Å². The molecule has 0 aliphatic carbocycles. The Hall–Kier alpha value is -1.20. The van der Waals surface area contributed by atoms with Crippen LogP contribution in [0, 0.1) is 0 Å². The molecule has 0 radical (unpaired) electrons. The van der Waals surface area contributed by atoms with Crippen molar-refractivity contribution in [3.05, 3.63) is 48.6 Å². The number of benzene rings is 1. The van der Waals surface area contributed by atoms with Crippen LogP contribution < -0.4 is 0 Å². The van der Waals surface area contributed by atoms with Gasteiger partial charge in [0.1, 0.15) is 6.10 Å². The summed E-state index contributed by atoms with van der Waals surface area (Å²) in [5, 5.41) is 9.68. The maximum Gasteiger partial charge on any atom is 0.183 e. The van der Waals surface area contributed by atoms with Gasteiger partial charge in [-0.25, -0.2) is 0 Å². The van der Waals surface area contributed by atoms with Crippen LogP contribution in [0.1, 0.15) is 24.8 Å². The first-order chi connectivity index (χ1) is 10.3. The number of ether oxygens (including phenoxy) is 3. The second kappa shape index (κ2) is 8.95. The van der Waals surface area contributed by atoms with E-state index in [1.807, 2.05) is 30.3 Å². The largest absolute Gasteiger partial charge is 0.390 e. The highest BCUT2D eigenvalue weighted by molar-refractivity contribution is 5.13. The number of aliphatic hydroxyl groups excluding tert-OH is 1. The Morgan fingerprint density at radius 1 is 1.33 bits per heavy atom. The summed E-state index contributed by atoms with van der Waals surface area (Å²) >= 11 is 0. The molecule has 1 saturated heterocycles. The molecule has 0 aromatic heterocycles. The molecule has 1 aliphatic heterocycles. The molecule has 1 aliphatic rings. The minimum absolute atomic E-state index is 0.0881. The lowest BCUT2D eigenvalue weighted by Crippen LogP contribution is -2.39. The van der Waals surface area contributed by atoms with E-state index in [9.17, 15) is 5.11 Å². The molecule has 3 atom stereocenters. The van der Waals surface area contributed by atoms with Crippen molar-refractivity contribution in [2.45, 2.75) is 44.4 Å². The fourth-order valence-electron chi connectivity index (χ4n) is 2.29. The molecule has 1 aromatic rings. The van der Waals surface area contributed by atoms with Crippen molar-refractivity contribution >= 4 is 0 Å². The lowest BCUT2D eigenvalue weighted by molar-refractivity contribution is -0.237. The van der Waals surface area contributed by atoms with Gasteiger partial charge in [0, 0.05) is 6.61 Å². The van der Waals surface area contributed by atoms with Gasteiger partial charge < -0.3 is 19.3 Å². The molecule has 21 heavy (non-hydrogen) atoms. The molecule has 0 spiro atoms. The monoisotopic (exact) mass is 292 g/mol. The molecule has 0 bridgehead atoms. The molecule has 2 rings (SSSR count). The van der Waals surface area contributed by atoms with E-state index in [-0.39, 0.29) is 12.7 Å². The smallest absolute Gasteiger partial charge is 0.183 e. The number of rotatable bonds is 8. The Balaban J connectivity index is 1.79. The molecule has 0 saturated carbocycles. The summed E-state index contributed by atoms with van der Waals surface area (Å²) in [7, 11) is 0. The van der Waals surface area contributed by atoms with Crippen LogP contribution in [-0.2, 0) is 20.8 Å². The standard InChI is InChI=1S/C17H24O4/c1-2-7-15(18)13-21-17-16(10-6-11-19-17)20-12-14-8-4-3-5-9-14/h2-5,8-9,15-18H,1,6-7,10-13H2/t15-,16-,17+/m1/s1. The van der Waals surface area contributed by atoms with Crippen molar-refractivity contribution in [2.24, 2.45) is 0 Å². The number of hydrogen-bond acceptors (Lipinski definition) is 4. The van der Waals surface area contributed by atoms with Gasteiger partial charge in [0.15, 0.2) is 6.29 Å². The Kier molecular flexibility index (Phi) is 6.89. The Bertz CT molecular complexity index is 407. The average molecular weight is 292 g/mol. The summed E-state index contributed by atoms with van der Waals surface area (Å²) in [4.78, 5) is 0. The van der Waals surface area contributed by atoms with E-state index in [1.165, 1.54) is 0 Å². The SMILES string of the molecule is C=CC[C@@H](O)CO[C@@H]1OCCC[C@H]1OCc1ccccc1. The van der Waals surface area contributed by atoms with Gasteiger partial charge in [0.05, 0.1) is 19.3 Å². The van der Waals surface area contributed by atoms with Gasteiger partial charge in [0.25, 0.3) is 0 Å². The number of aliphatic hydroxyl groups is 1. The molecule has 1 fully saturated rings. The average Bonchev–Trinajstić information content (AvgIpc) is 2.53. The number of hydrogen-bond donors (Lipinski definition) is 1. The first-order valence-corrected chi connectivity index (χ1v) is 7.47. The summed E-state index contributed by atoms with van der Waals surface area (Å²) in [6, 6.07) is 10.0. The zero-order valence-corrected chi connectivity index (χ0v) is 12.3. The minimum Gasteiger partial charge on any atom is -0.390 e. The molecule has 4 nitrogen and oxygen atoms in total. The highest BCUT2D eigenvalue weighted by atomic mass is 16.7. The lowest BCUT2D eigenvalue weighted by atomic mass is 10.1. The van der Waals surface area contributed by atoms with Gasteiger partial charge in [-0.05, 0) is 24.8 Å². The molecular formula is C17H24O4. The molecular weight excluding hydrogens is 268 g/mol. The Morgan fingerprint density at radius 2 is 2.14 bits per heavy atom. The van der Waals surface area contributed by atoms with Gasteiger partial charge >= 0.3 is 0 Å². The fourth-order valence-corrected chi connectivity index (χ4v) is 2.29. The predicted octanol–water partition coefficient (Wildman–Crippen LogP) is 2.66. The molecule has 1 aromatic carbocycles. The second-order valence-electron chi connectivity index (χ2n) is 5.23. The molecule has 1 heterocycles. The van der Waals surface area contributed by atoms with E-state index in [4.69, 9.17) is 14.2 Å². The molecule has 0 unspecified atom stereocenters. The maximum atomic E-state index is 9.68. The van der Waals surface area contributed by atoms with Crippen LogP contribution in [0.2, 0.25) is 0 Å². The third-order valence-electron chi connectivity index (χ3n) is 3.42. The normalized spacial score (nSPS) is 23.7. The van der Waals surface area contributed by atoms with Crippen LogP contribution in [-0.4, -0.2) is 36.8 Å². The summed E-state index contributed by atoms with van der Waals surface area (Å²) in [6.07, 6.45) is 3.05. The second-order valence-corrected chi connectivity index (χ2v) is 5.23. The van der Waals surface area contributed by atoms with Crippen molar-refractivity contribution in [2.75, 3.05) is 13.2 Å². The van der Waals surface area contributed by atoms with Crippen LogP contribution in [0.15, 0.2) is 43.0 Å². The van der Waals surface area contributed by atoms with E-state index in [1.54, 1.807) is 6.08 Å². The third-order valence-corrected chi connectivity index (χ3v) is 3.42. The summed E-state index contributed by atoms with van der Waals surface area (Å²) in [5.41, 5.74) is 1.13. The molecule has 0 amide bonds. The third kappa shape index (κ3) is 5.59. The van der Waals surface area contributed by atoms with Gasteiger partial charge in [-0.3, -0.25) is 0 Å². The topological polar surface area (TPSA) is 47.9 Å². The zero-order valence-electron chi connectivity index (χ0n) is 12.3. The van der Waals surface area contributed by atoms with Crippen LogP contribution in [0.5, 0.6) is 0 Å². The van der Waals surface area contributed by atoms with Gasteiger partial charge in [-0.2, -0.15) is 0 Å². The van der Waals surface area contributed by atoms with Crippen LogP contribution in [0.3, 0.4) is 0 Å². The van der Waals surface area contributed by atoms with E-state index >= 15 is 0 Å². The first kappa shape index (κ1) is 16.2. The van der Waals surface area contributed by atoms with Gasteiger partial charge in [0.2, 0.25) is 0 Å². The molecule has 116 valence electrons. The summed E-state index contributed by atoms with van der Waals surface area (Å²) < 4.78 is 17.2. The molecule has 4 heteroatoms. The van der Waals surface area contributed by atoms with Crippen molar-refractivity contribution < 1.29 is 19.3 Å². The Labute approximate surface area is 126 Å². The zero-order chi connectivity index (χ0) is 14.9. The summed E-state index contributed by atoms with van der Waals surface area (Å²) in [5.74, 6) is 0. The first-order valence-electron chi connectivity index (χ1n) is 7.47. The quantitative estimate of drug-likeness (QED) is 0.748. The maximum absolute atomic E-state index is 9.68. The van der Waals surface area contributed by atoms with Gasteiger partial charge in [-0.15, -0.1) is 6.58 Å². The van der Waals surface area contributed by atoms with Crippen LogP contribution in [0.25, 0.3) is 0 Å². The van der Waals surface area contributed by atoms with E-state index in [2.05, 4.69) is 6.58 Å². The predicted molar refractivity (Wildman–Crippen MR) is 80.8 cm³/mol. The van der Waals surface area contributed by atoms with Crippen molar-refractivity contribution in [3.63, 3.8) is 0 Å². The van der Waals surface area contributed by atoms with Crippen LogP contribution >= 0.6 is 0 Å². The van der Waals surface area contributed by atoms with E-state index < -0.39 is 12.4 Å². The van der Waals surface area contributed by atoms with Gasteiger partial charge in [-0.1, -0.05) is 36.4 Å². The highest BCUT2D eigenvalue weighted by Gasteiger charge is 2.28. The Morgan fingerprint density at radius 3 is 2.90 bits per heavy atom. The lowest BCUT2D eigenvalue weighted by Gasteiger charge is -2.32. The minimum atomic E-state index is -0.539. The highest BCUT2D eigenvalue weighted by Crippen LogP contribution is 2.20. The summed E-state index contributed by atoms with van der Waals surface area (Å²) in [6.45, 7) is 5.06. The fraction of sp³-hybridized carbons (Fsp3) is 0.529. The van der Waals surface area contributed by atoms with E-state index in [0.717, 1.165) is 18.4 Å².